The lowest BCUT2D eigenvalue weighted by molar-refractivity contribution is -0.123. The summed E-state index contributed by atoms with van der Waals surface area (Å²) < 4.78 is 10.6. The lowest BCUT2D eigenvalue weighted by atomic mass is 9.80. The van der Waals surface area contributed by atoms with Crippen LogP contribution in [0.3, 0.4) is 0 Å². The Morgan fingerprint density at radius 3 is 2.05 bits per heavy atom. The molecule has 224 valence electrons. The second kappa shape index (κ2) is 16.6. The molecule has 42 heavy (non-hydrogen) atoms. The minimum atomic E-state index is -0.421. The van der Waals surface area contributed by atoms with E-state index in [1.165, 1.54) is 22.7 Å². The Labute approximate surface area is 258 Å². The molecule has 13 heteroatoms. The fraction of sp³-hybridized carbons (Fsp3) is 0.448. The van der Waals surface area contributed by atoms with Crippen LogP contribution in [0.1, 0.15) is 28.4 Å². The molecule has 4 unspecified atom stereocenters. The average molecular weight is 629 g/mol. The van der Waals surface area contributed by atoms with Crippen LogP contribution < -0.4 is 10.6 Å². The predicted molar refractivity (Wildman–Crippen MR) is 169 cm³/mol. The maximum absolute atomic E-state index is 13.0. The Hall–Kier alpha value is -2.97. The highest BCUT2D eigenvalue weighted by Crippen LogP contribution is 2.29. The van der Waals surface area contributed by atoms with Crippen molar-refractivity contribution in [3.8, 4) is 0 Å². The lowest BCUT2D eigenvalue weighted by Gasteiger charge is -2.28. The van der Waals surface area contributed by atoms with Gasteiger partial charge in [0.05, 0.1) is 25.0 Å². The van der Waals surface area contributed by atoms with Crippen molar-refractivity contribution in [1.82, 2.24) is 20.4 Å². The molecule has 0 saturated heterocycles. The van der Waals surface area contributed by atoms with E-state index in [4.69, 9.17) is 9.47 Å². The van der Waals surface area contributed by atoms with Gasteiger partial charge in [0.15, 0.2) is 0 Å². The first kappa shape index (κ1) is 32.0. The van der Waals surface area contributed by atoms with E-state index in [9.17, 15) is 9.59 Å². The molecule has 2 amide bonds. The topological polar surface area (TPSA) is 128 Å². The van der Waals surface area contributed by atoms with E-state index in [2.05, 4.69) is 50.1 Å². The molecule has 0 radical (unpaired) electrons. The number of allylic oxidation sites excluding steroid dienone is 4. The third kappa shape index (κ3) is 9.27. The van der Waals surface area contributed by atoms with Crippen LogP contribution in [-0.2, 0) is 31.9 Å². The Balaban J connectivity index is 1.18. The van der Waals surface area contributed by atoms with Gasteiger partial charge in [0.25, 0.3) is 0 Å². The normalized spacial score (nSPS) is 17.6. The fourth-order valence-electron chi connectivity index (χ4n) is 4.57. The van der Waals surface area contributed by atoms with Gasteiger partial charge < -0.3 is 14.8 Å². The molecule has 0 fully saturated rings. The van der Waals surface area contributed by atoms with Crippen molar-refractivity contribution >= 4 is 56.5 Å². The van der Waals surface area contributed by atoms with Gasteiger partial charge in [0, 0.05) is 27.1 Å². The van der Waals surface area contributed by atoms with Crippen molar-refractivity contribution < 1.29 is 19.1 Å². The molecule has 4 atom stereocenters. The van der Waals surface area contributed by atoms with Gasteiger partial charge in [-0.3, -0.25) is 14.9 Å². The summed E-state index contributed by atoms with van der Waals surface area (Å²) in [7, 11) is 3.20. The third-order valence-electron chi connectivity index (χ3n) is 6.78. The molecule has 0 saturated carbocycles. The van der Waals surface area contributed by atoms with Gasteiger partial charge >= 0.3 is 0 Å². The van der Waals surface area contributed by atoms with Crippen LogP contribution in [0.2, 0.25) is 0 Å². The Bertz CT molecular complexity index is 1350. The van der Waals surface area contributed by atoms with Crippen molar-refractivity contribution in [1.29, 1.82) is 0 Å². The van der Waals surface area contributed by atoms with Gasteiger partial charge in [-0.1, -0.05) is 84.2 Å². The summed E-state index contributed by atoms with van der Waals surface area (Å²) in [5.74, 6) is 1.05. The molecule has 1 aliphatic rings. The molecule has 0 spiro atoms. The van der Waals surface area contributed by atoms with Gasteiger partial charge in [0.1, 0.15) is 10.0 Å². The Morgan fingerprint density at radius 2 is 1.45 bits per heavy atom. The first-order chi connectivity index (χ1) is 20.5. The number of methoxy groups -OCH3 is 2. The van der Waals surface area contributed by atoms with Gasteiger partial charge in [-0.15, -0.1) is 20.4 Å². The fourth-order valence-corrected chi connectivity index (χ4v) is 7.20. The van der Waals surface area contributed by atoms with Gasteiger partial charge in [-0.25, -0.2) is 0 Å². The molecule has 1 aromatic carbocycles. The molecule has 0 aliphatic heterocycles. The highest BCUT2D eigenvalue weighted by Gasteiger charge is 2.31. The maximum Gasteiger partial charge on any atom is 0.236 e. The minimum absolute atomic E-state index is 0.0704. The maximum atomic E-state index is 13.0. The SMILES string of the molecule is COCC(C(=O)Nc1nnc(CCSCCc2nnc(NC(=O)C(COC)C3C=CC=CC3C)s2)s1)c1ccccc1. The molecule has 4 rings (SSSR count). The van der Waals surface area contributed by atoms with E-state index in [1.54, 1.807) is 26.0 Å². The molecule has 2 heterocycles. The summed E-state index contributed by atoms with van der Waals surface area (Å²) >= 11 is 4.57. The van der Waals surface area contributed by atoms with Crippen LogP contribution in [0.15, 0.2) is 54.6 Å². The molecular formula is C29H36N6O4S3. The van der Waals surface area contributed by atoms with E-state index < -0.39 is 5.92 Å². The zero-order valence-electron chi connectivity index (χ0n) is 23.9. The van der Waals surface area contributed by atoms with E-state index in [0.29, 0.717) is 16.9 Å². The quantitative estimate of drug-likeness (QED) is 0.214. The number of aryl methyl sites for hydroxylation is 2. The highest BCUT2D eigenvalue weighted by atomic mass is 32.2. The summed E-state index contributed by atoms with van der Waals surface area (Å²) in [5.41, 5.74) is 0.891. The second-order valence-corrected chi connectivity index (χ2v) is 13.1. The zero-order chi connectivity index (χ0) is 29.7. The van der Waals surface area contributed by atoms with Crippen molar-refractivity contribution in [2.75, 3.05) is 49.6 Å². The largest absolute Gasteiger partial charge is 0.384 e. The summed E-state index contributed by atoms with van der Waals surface area (Å²) in [4.78, 5) is 25.9. The first-order valence-electron chi connectivity index (χ1n) is 13.7. The molecule has 3 aromatic rings. The number of anilines is 2. The number of benzene rings is 1. The average Bonchev–Trinajstić information content (AvgIpc) is 3.64. The van der Waals surface area contributed by atoms with E-state index >= 15 is 0 Å². The number of carbonyl (C=O) groups excluding carboxylic acids is 2. The van der Waals surface area contributed by atoms with Crippen LogP contribution in [0.4, 0.5) is 10.3 Å². The summed E-state index contributed by atoms with van der Waals surface area (Å²) in [6, 6.07) is 9.55. The van der Waals surface area contributed by atoms with Gasteiger partial charge in [0.2, 0.25) is 22.1 Å². The molecular weight excluding hydrogens is 593 g/mol. The molecule has 0 bridgehead atoms. The number of thioether (sulfide) groups is 1. The molecule has 2 aromatic heterocycles. The molecule has 2 N–H and O–H groups in total. The van der Waals surface area contributed by atoms with Crippen molar-refractivity contribution in [3.05, 3.63) is 70.2 Å². The Kier molecular flexibility index (Phi) is 12.6. The number of carbonyl (C=O) groups is 2. The van der Waals surface area contributed by atoms with Crippen LogP contribution in [0.5, 0.6) is 0 Å². The second-order valence-electron chi connectivity index (χ2n) is 9.78. The smallest absolute Gasteiger partial charge is 0.236 e. The van der Waals surface area contributed by atoms with Crippen molar-refractivity contribution in [2.24, 2.45) is 17.8 Å². The van der Waals surface area contributed by atoms with Gasteiger partial charge in [-0.05, 0) is 28.9 Å². The number of aromatic nitrogens is 4. The zero-order valence-corrected chi connectivity index (χ0v) is 26.3. The standard InChI is InChI=1S/C29H36N6O4S3/c1-19-9-7-8-12-21(19)23(18-39-3)27(37)31-29-35-33-25(42-29)14-16-40-15-13-24-32-34-28(41-24)30-26(36)22(17-38-2)20-10-5-4-6-11-20/h4-12,19,21-23H,13-18H2,1-3H3,(H,30,34,36)(H,31,35,37). The number of hydrogen-bond acceptors (Lipinski definition) is 11. The van der Waals surface area contributed by atoms with E-state index in [1.807, 2.05) is 42.5 Å². The van der Waals surface area contributed by atoms with Crippen LogP contribution in [0.25, 0.3) is 0 Å². The van der Waals surface area contributed by atoms with Crippen molar-refractivity contribution in [2.45, 2.75) is 25.7 Å². The van der Waals surface area contributed by atoms with Crippen LogP contribution in [-0.4, -0.2) is 71.1 Å². The number of nitrogens with zero attached hydrogens (tertiary/aromatic N) is 4. The lowest BCUT2D eigenvalue weighted by Crippen LogP contribution is -2.35. The monoisotopic (exact) mass is 628 g/mol. The first-order valence-corrected chi connectivity index (χ1v) is 16.5. The number of hydrogen-bond donors (Lipinski definition) is 2. The van der Waals surface area contributed by atoms with E-state index in [-0.39, 0.29) is 36.2 Å². The summed E-state index contributed by atoms with van der Waals surface area (Å²) in [6.45, 7) is 2.73. The highest BCUT2D eigenvalue weighted by molar-refractivity contribution is 7.99. The minimum Gasteiger partial charge on any atom is -0.384 e. The van der Waals surface area contributed by atoms with Crippen LogP contribution in [0, 0.1) is 17.8 Å². The predicted octanol–water partition coefficient (Wildman–Crippen LogP) is 4.86. The van der Waals surface area contributed by atoms with Crippen molar-refractivity contribution in [3.63, 3.8) is 0 Å². The number of nitrogens with one attached hydrogen (secondary N) is 2. The Morgan fingerprint density at radius 1 is 0.857 bits per heavy atom. The van der Waals surface area contributed by atoms with Gasteiger partial charge in [-0.2, -0.15) is 11.8 Å². The molecule has 10 nitrogen and oxygen atoms in total. The number of amides is 2. The van der Waals surface area contributed by atoms with E-state index in [0.717, 1.165) is 39.9 Å². The summed E-state index contributed by atoms with van der Waals surface area (Å²) in [6.07, 6.45) is 9.67. The van der Waals surface area contributed by atoms with Crippen LogP contribution >= 0.6 is 34.4 Å². The molecule has 1 aliphatic carbocycles. The number of rotatable bonds is 16. The number of ether oxygens (including phenoxy) is 2. The third-order valence-corrected chi connectivity index (χ3v) is 9.56. The summed E-state index contributed by atoms with van der Waals surface area (Å²) in [5, 5.41) is 25.4.